The Kier molecular flexibility index (Phi) is 8.18. The fourth-order valence-electron chi connectivity index (χ4n) is 3.48. The highest BCUT2D eigenvalue weighted by atomic mass is 32.1. The lowest BCUT2D eigenvalue weighted by molar-refractivity contribution is 0.100. The van der Waals surface area contributed by atoms with Crippen LogP contribution in [0.4, 0.5) is 0 Å². The van der Waals surface area contributed by atoms with E-state index in [0.29, 0.717) is 19.6 Å². The van der Waals surface area contributed by atoms with Crippen LogP contribution in [-0.2, 0) is 0 Å². The molecular formula is C28H22N8O2S2. The zero-order valence-electron chi connectivity index (χ0n) is 21.4. The van der Waals surface area contributed by atoms with E-state index in [9.17, 15) is 9.59 Å². The lowest BCUT2D eigenvalue weighted by Gasteiger charge is -1.99. The number of hydrogen-bond acceptors (Lipinski definition) is 10. The number of rotatable bonds is 8. The van der Waals surface area contributed by atoms with Gasteiger partial charge in [-0.05, 0) is 24.3 Å². The van der Waals surface area contributed by atoms with Gasteiger partial charge in [-0.15, -0.1) is 10.2 Å². The third-order valence-electron chi connectivity index (χ3n) is 5.40. The highest BCUT2D eigenvalue weighted by molar-refractivity contribution is 7.11. The molecule has 2 heterocycles. The average molecular weight is 567 g/mol. The highest BCUT2D eigenvalue weighted by Gasteiger charge is 2.11. The molecule has 0 spiro atoms. The topological polar surface area (TPSA) is 119 Å². The molecule has 0 fully saturated rings. The Morgan fingerprint density at radius 2 is 1.00 bits per heavy atom. The number of nitrogens with zero attached hydrogens (tertiary/aromatic N) is 8. The average Bonchev–Trinajstić information content (AvgIpc) is 3.60. The van der Waals surface area contributed by atoms with Gasteiger partial charge in [0.1, 0.15) is 0 Å². The normalized spacial score (nSPS) is 12.6. The standard InChI is InChI=1S/C28H22N8O2S2/c1-19(37)25-33-35(23-13-5-3-6-14-23)27(39-25)31-29-17-21-11-9-10-12-22(21)18-30-32-28-36(24-15-7-4-8-16-24)34-26(40-28)20(2)38/h3-18H,1-2H3/b29-17+,30-18+,31-27-,32-28+. The van der Waals surface area contributed by atoms with E-state index in [2.05, 4.69) is 30.6 Å². The first kappa shape index (κ1) is 26.7. The minimum Gasteiger partial charge on any atom is -0.292 e. The van der Waals surface area contributed by atoms with Crippen molar-refractivity contribution in [3.8, 4) is 11.4 Å². The molecule has 0 radical (unpaired) electrons. The van der Waals surface area contributed by atoms with Crippen LogP contribution >= 0.6 is 22.7 Å². The number of aromatic nitrogens is 4. The van der Waals surface area contributed by atoms with E-state index in [4.69, 9.17) is 0 Å². The van der Waals surface area contributed by atoms with E-state index in [1.54, 1.807) is 21.8 Å². The molecule has 0 amide bonds. The fraction of sp³-hybridized carbons (Fsp3) is 0.0714. The van der Waals surface area contributed by atoms with Crippen molar-refractivity contribution in [2.75, 3.05) is 0 Å². The summed E-state index contributed by atoms with van der Waals surface area (Å²) in [7, 11) is 0. The predicted molar refractivity (Wildman–Crippen MR) is 156 cm³/mol. The molecule has 40 heavy (non-hydrogen) atoms. The molecule has 0 saturated carbocycles. The Bertz CT molecular complexity index is 1730. The maximum absolute atomic E-state index is 11.9. The summed E-state index contributed by atoms with van der Waals surface area (Å²) in [5.41, 5.74) is 3.08. The third kappa shape index (κ3) is 6.20. The third-order valence-corrected chi connectivity index (χ3v) is 7.40. The molecule has 0 N–H and O–H groups in total. The van der Waals surface area contributed by atoms with Gasteiger partial charge in [0.25, 0.3) is 0 Å². The van der Waals surface area contributed by atoms with Crippen molar-refractivity contribution < 1.29 is 9.59 Å². The van der Waals surface area contributed by atoms with Gasteiger partial charge < -0.3 is 0 Å². The van der Waals surface area contributed by atoms with Gasteiger partial charge in [-0.1, -0.05) is 83.3 Å². The van der Waals surface area contributed by atoms with Crippen molar-refractivity contribution in [3.63, 3.8) is 0 Å². The van der Waals surface area contributed by atoms with E-state index in [-0.39, 0.29) is 11.6 Å². The Labute approximate surface area is 236 Å². The molecule has 12 heteroatoms. The maximum Gasteiger partial charge on any atom is 0.233 e. The summed E-state index contributed by atoms with van der Waals surface area (Å²) in [6.07, 6.45) is 3.21. The molecule has 0 bridgehead atoms. The molecule has 2 aromatic heterocycles. The SMILES string of the molecule is CC(=O)c1nn(-c2ccccc2)/c(=N/N=C/c2ccccc2/C=N/N=c2/sc(C(C)=O)nn2-c2ccccc2)s1. The maximum atomic E-state index is 11.9. The lowest BCUT2D eigenvalue weighted by Crippen LogP contribution is -2.14. The first-order chi connectivity index (χ1) is 19.5. The molecule has 0 atom stereocenters. The number of carbonyl (C=O) groups is 2. The number of Topliss-reactive ketones (excluding diaryl/α,β-unsaturated/α-hetero) is 2. The van der Waals surface area contributed by atoms with Crippen molar-refractivity contribution in [1.82, 2.24) is 19.6 Å². The number of benzene rings is 3. The number of carbonyl (C=O) groups excluding carboxylic acids is 2. The molecule has 0 aliphatic carbocycles. The van der Waals surface area contributed by atoms with Gasteiger partial charge in [0.2, 0.25) is 9.60 Å². The Balaban J connectivity index is 1.46. The molecule has 0 saturated heterocycles. The van der Waals surface area contributed by atoms with Crippen LogP contribution in [0, 0.1) is 0 Å². The van der Waals surface area contributed by atoms with Crippen molar-refractivity contribution in [3.05, 3.63) is 116 Å². The molecule has 0 unspecified atom stereocenters. The minimum atomic E-state index is -0.143. The van der Waals surface area contributed by atoms with Gasteiger partial charge in [-0.2, -0.15) is 20.4 Å². The molecule has 0 aliphatic heterocycles. The summed E-state index contributed by atoms with van der Waals surface area (Å²) in [6, 6.07) is 26.4. The highest BCUT2D eigenvalue weighted by Crippen LogP contribution is 2.10. The fourth-order valence-corrected chi connectivity index (χ4v) is 5.00. The second-order valence-corrected chi connectivity index (χ2v) is 10.2. The van der Waals surface area contributed by atoms with Crippen molar-refractivity contribution in [2.24, 2.45) is 20.4 Å². The van der Waals surface area contributed by atoms with E-state index >= 15 is 0 Å². The smallest absolute Gasteiger partial charge is 0.233 e. The second-order valence-electron chi connectivity index (χ2n) is 8.30. The summed E-state index contributed by atoms with van der Waals surface area (Å²) in [4.78, 5) is 24.8. The summed E-state index contributed by atoms with van der Waals surface area (Å²) in [5, 5.41) is 26.7. The summed E-state index contributed by atoms with van der Waals surface area (Å²) in [5.74, 6) is -0.286. The molecular weight excluding hydrogens is 544 g/mol. The van der Waals surface area contributed by atoms with Gasteiger partial charge in [0.15, 0.2) is 21.6 Å². The van der Waals surface area contributed by atoms with Gasteiger partial charge in [0, 0.05) is 25.0 Å². The van der Waals surface area contributed by atoms with E-state index < -0.39 is 0 Å². The zero-order valence-corrected chi connectivity index (χ0v) is 23.1. The molecule has 0 aliphatic rings. The second kappa shape index (κ2) is 12.3. The van der Waals surface area contributed by atoms with Crippen LogP contribution in [0.1, 0.15) is 44.6 Å². The van der Waals surface area contributed by atoms with Crippen LogP contribution in [0.5, 0.6) is 0 Å². The molecule has 5 rings (SSSR count). The van der Waals surface area contributed by atoms with Crippen LogP contribution in [0.15, 0.2) is 105 Å². The van der Waals surface area contributed by atoms with Crippen LogP contribution in [0.25, 0.3) is 11.4 Å². The lowest BCUT2D eigenvalue weighted by atomic mass is 10.1. The van der Waals surface area contributed by atoms with E-state index in [0.717, 1.165) is 22.5 Å². The molecule has 3 aromatic carbocycles. The van der Waals surface area contributed by atoms with Gasteiger partial charge in [-0.3, -0.25) is 9.59 Å². The molecule has 5 aromatic rings. The summed E-state index contributed by atoms with van der Waals surface area (Å²) in [6.45, 7) is 2.94. The Morgan fingerprint density at radius 1 is 0.625 bits per heavy atom. The van der Waals surface area contributed by atoms with Gasteiger partial charge in [0.05, 0.1) is 23.8 Å². The summed E-state index contributed by atoms with van der Waals surface area (Å²) < 4.78 is 3.19. The quantitative estimate of drug-likeness (QED) is 0.157. The molecule has 10 nitrogen and oxygen atoms in total. The Hall–Kier alpha value is -4.94. The summed E-state index contributed by atoms with van der Waals surface area (Å²) >= 11 is 2.33. The molecule has 198 valence electrons. The van der Waals surface area contributed by atoms with Crippen LogP contribution in [-0.4, -0.2) is 43.6 Å². The number of ketones is 2. The minimum absolute atomic E-state index is 0.143. The van der Waals surface area contributed by atoms with Gasteiger partial charge in [-0.25, -0.2) is 9.36 Å². The van der Waals surface area contributed by atoms with E-state index in [1.165, 1.54) is 36.5 Å². The van der Waals surface area contributed by atoms with Crippen molar-refractivity contribution >= 4 is 46.7 Å². The largest absolute Gasteiger partial charge is 0.292 e. The van der Waals surface area contributed by atoms with Crippen LogP contribution in [0.2, 0.25) is 0 Å². The Morgan fingerprint density at radius 3 is 1.38 bits per heavy atom. The van der Waals surface area contributed by atoms with Crippen molar-refractivity contribution in [1.29, 1.82) is 0 Å². The monoisotopic (exact) mass is 566 g/mol. The predicted octanol–water partition coefficient (Wildman–Crippen LogP) is 4.46. The first-order valence-electron chi connectivity index (χ1n) is 12.1. The number of hydrogen-bond donors (Lipinski definition) is 0. The first-order valence-corrected chi connectivity index (χ1v) is 13.7. The van der Waals surface area contributed by atoms with Gasteiger partial charge >= 0.3 is 0 Å². The van der Waals surface area contributed by atoms with Crippen LogP contribution in [0.3, 0.4) is 0 Å². The zero-order chi connectivity index (χ0) is 27.9. The van der Waals surface area contributed by atoms with Crippen molar-refractivity contribution in [2.45, 2.75) is 13.8 Å². The van der Waals surface area contributed by atoms with E-state index in [1.807, 2.05) is 84.9 Å². The van der Waals surface area contributed by atoms with Crippen LogP contribution < -0.4 is 9.60 Å². The number of para-hydroxylation sites is 2.